The molecule has 2 rings (SSSR count). The van der Waals surface area contributed by atoms with Gasteiger partial charge in [0.25, 0.3) is 0 Å². The number of hydrogen-bond acceptors (Lipinski definition) is 4. The van der Waals surface area contributed by atoms with Gasteiger partial charge in [-0.05, 0) is 37.9 Å². The molecule has 0 atom stereocenters. The van der Waals surface area contributed by atoms with E-state index in [1.54, 1.807) is 11.8 Å². The second-order valence-electron chi connectivity index (χ2n) is 5.25. The fraction of sp³-hybridized carbons (Fsp3) is 0.412. The van der Waals surface area contributed by atoms with Crippen molar-refractivity contribution in [2.45, 2.75) is 25.3 Å². The summed E-state index contributed by atoms with van der Waals surface area (Å²) in [6, 6.07) is 8.25. The van der Waals surface area contributed by atoms with Crippen molar-refractivity contribution < 1.29 is 4.79 Å². The van der Waals surface area contributed by atoms with Crippen LogP contribution in [0.15, 0.2) is 29.2 Å². The van der Waals surface area contributed by atoms with Gasteiger partial charge in [0, 0.05) is 28.9 Å². The van der Waals surface area contributed by atoms with Crippen LogP contribution in [-0.4, -0.2) is 41.7 Å². The van der Waals surface area contributed by atoms with Crippen LogP contribution in [0.3, 0.4) is 0 Å². The summed E-state index contributed by atoms with van der Waals surface area (Å²) in [5.41, 5.74) is 1.85. The number of aromatic nitrogens is 1. The summed E-state index contributed by atoms with van der Waals surface area (Å²) in [6.07, 6.45) is 2.04. The lowest BCUT2D eigenvalue weighted by Gasteiger charge is -2.20. The van der Waals surface area contributed by atoms with Crippen molar-refractivity contribution >= 4 is 40.2 Å². The van der Waals surface area contributed by atoms with Crippen LogP contribution in [0.4, 0.5) is 0 Å². The Bertz CT molecular complexity index is 693. The minimum Gasteiger partial charge on any atom is -0.355 e. The maximum atomic E-state index is 11.8. The molecular weight excluding hydrogens is 330 g/mol. The number of carbonyl (C=O) groups is 1. The third-order valence-electron chi connectivity index (χ3n) is 3.63. The highest BCUT2D eigenvalue weighted by atomic mass is 35.5. The topological polar surface area (TPSA) is 45.2 Å². The molecule has 0 saturated heterocycles. The SMILES string of the molecule is CCNC(=O)CN(CC)Cc1cc2ccc(SC)cc2nc1Cl. The standard InChI is InChI=1S/C17H22ClN3OS/c1-4-19-16(22)11-21(5-2)10-13-8-12-6-7-14(23-3)9-15(12)20-17(13)18/h6-9H,4-5,10-11H2,1-3H3,(H,19,22). The predicted octanol–water partition coefficient (Wildman–Crippen LogP) is 3.57. The molecule has 0 bridgehead atoms. The molecule has 1 N–H and O–H groups in total. The summed E-state index contributed by atoms with van der Waals surface area (Å²) >= 11 is 8.04. The fourth-order valence-electron chi connectivity index (χ4n) is 2.38. The van der Waals surface area contributed by atoms with Gasteiger partial charge in [0.15, 0.2) is 0 Å². The highest BCUT2D eigenvalue weighted by molar-refractivity contribution is 7.98. The molecule has 23 heavy (non-hydrogen) atoms. The van der Waals surface area contributed by atoms with Crippen molar-refractivity contribution in [3.05, 3.63) is 35.0 Å². The monoisotopic (exact) mass is 351 g/mol. The van der Waals surface area contributed by atoms with Gasteiger partial charge in [-0.15, -0.1) is 11.8 Å². The lowest BCUT2D eigenvalue weighted by molar-refractivity contribution is -0.122. The lowest BCUT2D eigenvalue weighted by atomic mass is 10.1. The first-order chi connectivity index (χ1) is 11.1. The van der Waals surface area contributed by atoms with Crippen molar-refractivity contribution in [1.82, 2.24) is 15.2 Å². The molecule has 2 aromatic rings. The molecule has 0 unspecified atom stereocenters. The van der Waals surface area contributed by atoms with E-state index < -0.39 is 0 Å². The number of nitrogens with zero attached hydrogens (tertiary/aromatic N) is 2. The quantitative estimate of drug-likeness (QED) is 0.612. The summed E-state index contributed by atoms with van der Waals surface area (Å²) in [4.78, 5) is 19.5. The number of nitrogens with one attached hydrogen (secondary N) is 1. The lowest BCUT2D eigenvalue weighted by Crippen LogP contribution is -2.36. The number of rotatable bonds is 7. The predicted molar refractivity (Wildman–Crippen MR) is 98.2 cm³/mol. The number of halogens is 1. The van der Waals surface area contributed by atoms with E-state index in [-0.39, 0.29) is 5.91 Å². The van der Waals surface area contributed by atoms with E-state index in [2.05, 4.69) is 33.4 Å². The smallest absolute Gasteiger partial charge is 0.234 e. The first-order valence-electron chi connectivity index (χ1n) is 7.69. The van der Waals surface area contributed by atoms with E-state index in [0.29, 0.717) is 24.8 Å². The zero-order chi connectivity index (χ0) is 16.8. The number of likely N-dealkylation sites (N-methyl/N-ethyl adjacent to an activating group) is 2. The minimum atomic E-state index is 0.0313. The van der Waals surface area contributed by atoms with Crippen molar-refractivity contribution in [2.75, 3.05) is 25.9 Å². The number of pyridine rings is 1. The van der Waals surface area contributed by atoms with Crippen molar-refractivity contribution in [3.63, 3.8) is 0 Å². The van der Waals surface area contributed by atoms with Crippen LogP contribution in [0, 0.1) is 0 Å². The summed E-state index contributed by atoms with van der Waals surface area (Å²) < 4.78 is 0. The van der Waals surface area contributed by atoms with Crippen LogP contribution < -0.4 is 5.32 Å². The van der Waals surface area contributed by atoms with Gasteiger partial charge in [0.2, 0.25) is 5.91 Å². The highest BCUT2D eigenvalue weighted by Crippen LogP contribution is 2.25. The number of fused-ring (bicyclic) bond motifs is 1. The second-order valence-corrected chi connectivity index (χ2v) is 6.49. The Morgan fingerprint density at radius 3 is 2.78 bits per heavy atom. The molecule has 1 heterocycles. The van der Waals surface area contributed by atoms with E-state index in [9.17, 15) is 4.79 Å². The third kappa shape index (κ3) is 4.83. The summed E-state index contributed by atoms with van der Waals surface area (Å²) in [7, 11) is 0. The van der Waals surface area contributed by atoms with E-state index in [1.807, 2.05) is 26.2 Å². The van der Waals surface area contributed by atoms with Gasteiger partial charge in [0.05, 0.1) is 12.1 Å². The Morgan fingerprint density at radius 2 is 2.13 bits per heavy atom. The zero-order valence-electron chi connectivity index (χ0n) is 13.7. The number of amides is 1. The second kappa shape index (κ2) is 8.52. The van der Waals surface area contributed by atoms with Crippen molar-refractivity contribution in [1.29, 1.82) is 0 Å². The van der Waals surface area contributed by atoms with Crippen LogP contribution in [0.25, 0.3) is 10.9 Å². The largest absolute Gasteiger partial charge is 0.355 e. The molecule has 0 saturated carbocycles. The molecule has 0 spiro atoms. The average Bonchev–Trinajstić information content (AvgIpc) is 2.54. The maximum absolute atomic E-state index is 11.8. The minimum absolute atomic E-state index is 0.0313. The van der Waals surface area contributed by atoms with Gasteiger partial charge in [-0.2, -0.15) is 0 Å². The van der Waals surface area contributed by atoms with Gasteiger partial charge < -0.3 is 5.32 Å². The van der Waals surface area contributed by atoms with Gasteiger partial charge in [-0.1, -0.05) is 24.6 Å². The Hall–Kier alpha value is -1.30. The molecule has 1 aromatic heterocycles. The van der Waals surface area contributed by atoms with Gasteiger partial charge in [-0.25, -0.2) is 4.98 Å². The maximum Gasteiger partial charge on any atom is 0.234 e. The molecule has 0 radical (unpaired) electrons. The highest BCUT2D eigenvalue weighted by Gasteiger charge is 2.12. The van der Waals surface area contributed by atoms with Crippen molar-refractivity contribution in [3.8, 4) is 0 Å². The first kappa shape index (κ1) is 18.0. The number of benzene rings is 1. The van der Waals surface area contributed by atoms with Crippen LogP contribution in [0.2, 0.25) is 5.15 Å². The van der Waals surface area contributed by atoms with Crippen LogP contribution in [0.1, 0.15) is 19.4 Å². The van der Waals surface area contributed by atoms with Gasteiger partial charge >= 0.3 is 0 Å². The Labute approximate surface area is 146 Å². The van der Waals surface area contributed by atoms with Crippen LogP contribution in [0.5, 0.6) is 0 Å². The summed E-state index contributed by atoms with van der Waals surface area (Å²) in [5, 5.41) is 4.39. The molecule has 0 fully saturated rings. The summed E-state index contributed by atoms with van der Waals surface area (Å²) in [6.45, 7) is 6.35. The molecule has 0 aliphatic heterocycles. The number of hydrogen-bond donors (Lipinski definition) is 1. The zero-order valence-corrected chi connectivity index (χ0v) is 15.3. The van der Waals surface area contributed by atoms with Gasteiger partial charge in [0.1, 0.15) is 5.15 Å². The van der Waals surface area contributed by atoms with Gasteiger partial charge in [-0.3, -0.25) is 9.69 Å². The average molecular weight is 352 g/mol. The molecule has 1 amide bonds. The molecule has 1 aromatic carbocycles. The fourth-order valence-corrected chi connectivity index (χ4v) is 3.02. The summed E-state index contributed by atoms with van der Waals surface area (Å²) in [5.74, 6) is 0.0313. The third-order valence-corrected chi connectivity index (χ3v) is 4.69. The molecule has 124 valence electrons. The molecular formula is C17H22ClN3OS. The number of thioether (sulfide) groups is 1. The van der Waals surface area contributed by atoms with Crippen molar-refractivity contribution in [2.24, 2.45) is 0 Å². The Morgan fingerprint density at radius 1 is 1.35 bits per heavy atom. The van der Waals surface area contributed by atoms with E-state index in [4.69, 9.17) is 11.6 Å². The Kier molecular flexibility index (Phi) is 6.69. The first-order valence-corrected chi connectivity index (χ1v) is 9.29. The molecule has 4 nitrogen and oxygen atoms in total. The Balaban J connectivity index is 2.21. The van der Waals surface area contributed by atoms with Crippen LogP contribution in [-0.2, 0) is 11.3 Å². The molecule has 0 aliphatic rings. The van der Waals surface area contributed by atoms with E-state index in [1.165, 1.54) is 4.90 Å². The van der Waals surface area contributed by atoms with Crippen LogP contribution >= 0.6 is 23.4 Å². The normalized spacial score (nSPS) is 11.2. The molecule has 0 aliphatic carbocycles. The van der Waals surface area contributed by atoms with E-state index in [0.717, 1.165) is 23.0 Å². The number of carbonyl (C=O) groups excluding carboxylic acids is 1. The van der Waals surface area contributed by atoms with E-state index >= 15 is 0 Å². The molecule has 6 heteroatoms.